The second-order valence-corrected chi connectivity index (χ2v) is 8.83. The van der Waals surface area contributed by atoms with Gasteiger partial charge < -0.3 is 4.74 Å². The van der Waals surface area contributed by atoms with Gasteiger partial charge in [0.2, 0.25) is 0 Å². The Labute approximate surface area is 192 Å². The fourth-order valence-electron chi connectivity index (χ4n) is 5.01. The van der Waals surface area contributed by atoms with Crippen molar-refractivity contribution in [1.29, 1.82) is 0 Å². The molecule has 0 N–H and O–H groups in total. The standard InChI is InChI=1S/C28H25F2NO2/c29-21-13-20(14-22(30)15-21)26-24-9-8-23(33-12-10-18-5-2-1-3-6-18)16-25(24)28(32)27(26)19-7-4-11-31-17-19/h4,7-9,11,13-18H,1-3,5-6,10,12H2. The number of fused-ring (bicyclic) bond motifs is 1. The first-order chi connectivity index (χ1) is 16.1. The Hall–Kier alpha value is -3.34. The molecule has 0 atom stereocenters. The molecular formula is C28H25F2NO2. The van der Waals surface area contributed by atoms with Gasteiger partial charge in [-0.05, 0) is 59.9 Å². The van der Waals surface area contributed by atoms with E-state index in [1.165, 1.54) is 44.2 Å². The largest absolute Gasteiger partial charge is 0.494 e. The van der Waals surface area contributed by atoms with Gasteiger partial charge in [0.1, 0.15) is 17.4 Å². The van der Waals surface area contributed by atoms with Gasteiger partial charge in [0.05, 0.1) is 6.61 Å². The van der Waals surface area contributed by atoms with Crippen LogP contribution in [-0.4, -0.2) is 17.4 Å². The minimum atomic E-state index is -0.688. The van der Waals surface area contributed by atoms with Gasteiger partial charge in [0.15, 0.2) is 5.78 Å². The van der Waals surface area contributed by atoms with E-state index < -0.39 is 11.6 Å². The maximum atomic E-state index is 14.1. The molecular weight excluding hydrogens is 420 g/mol. The van der Waals surface area contributed by atoms with Crippen molar-refractivity contribution >= 4 is 16.9 Å². The van der Waals surface area contributed by atoms with Crippen molar-refractivity contribution in [3.05, 3.63) is 94.8 Å². The maximum Gasteiger partial charge on any atom is 0.195 e. The molecule has 1 heterocycles. The summed E-state index contributed by atoms with van der Waals surface area (Å²) in [5.41, 5.74) is 2.95. The van der Waals surface area contributed by atoms with E-state index in [-0.39, 0.29) is 5.78 Å². The highest BCUT2D eigenvalue weighted by Crippen LogP contribution is 2.43. The molecule has 5 heteroatoms. The highest BCUT2D eigenvalue weighted by molar-refractivity contribution is 6.41. The number of ether oxygens (including phenoxy) is 1. The zero-order valence-corrected chi connectivity index (χ0v) is 18.3. The third-order valence-corrected chi connectivity index (χ3v) is 6.60. The average Bonchev–Trinajstić information content (AvgIpc) is 3.12. The van der Waals surface area contributed by atoms with Crippen LogP contribution in [0.15, 0.2) is 60.9 Å². The summed E-state index contributed by atoms with van der Waals surface area (Å²) < 4.78 is 34.1. The summed E-state index contributed by atoms with van der Waals surface area (Å²) in [6.45, 7) is 0.614. The summed E-state index contributed by atoms with van der Waals surface area (Å²) >= 11 is 0. The van der Waals surface area contributed by atoms with Crippen LogP contribution in [-0.2, 0) is 0 Å². The van der Waals surface area contributed by atoms with Gasteiger partial charge in [-0.1, -0.05) is 38.2 Å². The fraction of sp³-hybridized carbons (Fsp3) is 0.286. The Morgan fingerprint density at radius 2 is 1.67 bits per heavy atom. The zero-order chi connectivity index (χ0) is 22.8. The number of carbonyl (C=O) groups is 1. The first-order valence-electron chi connectivity index (χ1n) is 11.5. The molecule has 2 aliphatic rings. The molecule has 1 fully saturated rings. The van der Waals surface area contributed by atoms with Crippen molar-refractivity contribution < 1.29 is 18.3 Å². The van der Waals surface area contributed by atoms with Crippen molar-refractivity contribution in [3.63, 3.8) is 0 Å². The fourth-order valence-corrected chi connectivity index (χ4v) is 5.01. The molecule has 0 aliphatic heterocycles. The summed E-state index contributed by atoms with van der Waals surface area (Å²) in [7, 11) is 0. The Balaban J connectivity index is 1.48. The van der Waals surface area contributed by atoms with Gasteiger partial charge in [-0.3, -0.25) is 9.78 Å². The number of pyridine rings is 1. The lowest BCUT2D eigenvalue weighted by atomic mass is 9.87. The lowest BCUT2D eigenvalue weighted by Crippen LogP contribution is -2.11. The smallest absolute Gasteiger partial charge is 0.195 e. The van der Waals surface area contributed by atoms with Crippen molar-refractivity contribution in [2.75, 3.05) is 6.61 Å². The third-order valence-electron chi connectivity index (χ3n) is 6.60. The number of benzene rings is 2. The van der Waals surface area contributed by atoms with Crippen LogP contribution in [0.25, 0.3) is 11.1 Å². The SMILES string of the molecule is O=C1C(c2cccnc2)=C(c2cc(F)cc(F)c2)c2ccc(OCCC3CCCCC3)cc21. The second kappa shape index (κ2) is 9.26. The van der Waals surface area contributed by atoms with Crippen molar-refractivity contribution in [2.45, 2.75) is 38.5 Å². The monoisotopic (exact) mass is 445 g/mol. The van der Waals surface area contributed by atoms with Crippen LogP contribution < -0.4 is 4.74 Å². The summed E-state index contributed by atoms with van der Waals surface area (Å²) in [5, 5.41) is 0. The van der Waals surface area contributed by atoms with E-state index in [0.717, 1.165) is 12.5 Å². The molecule has 2 aromatic carbocycles. The van der Waals surface area contributed by atoms with Gasteiger partial charge in [-0.15, -0.1) is 0 Å². The maximum absolute atomic E-state index is 14.1. The zero-order valence-electron chi connectivity index (χ0n) is 18.3. The van der Waals surface area contributed by atoms with Crippen molar-refractivity contribution in [2.24, 2.45) is 5.92 Å². The summed E-state index contributed by atoms with van der Waals surface area (Å²) in [4.78, 5) is 17.6. The topological polar surface area (TPSA) is 39.2 Å². The van der Waals surface area contributed by atoms with Crippen LogP contribution in [0.1, 0.15) is 65.6 Å². The Morgan fingerprint density at radius 1 is 0.879 bits per heavy atom. The van der Waals surface area contributed by atoms with Crippen LogP contribution in [0.2, 0.25) is 0 Å². The third kappa shape index (κ3) is 4.45. The first-order valence-corrected chi connectivity index (χ1v) is 11.5. The first kappa shape index (κ1) is 21.5. The second-order valence-electron chi connectivity index (χ2n) is 8.83. The van der Waals surface area contributed by atoms with E-state index in [1.54, 1.807) is 30.6 Å². The highest BCUT2D eigenvalue weighted by atomic mass is 19.1. The molecule has 0 unspecified atom stereocenters. The van der Waals surface area contributed by atoms with Crippen LogP contribution >= 0.6 is 0 Å². The molecule has 1 aromatic heterocycles. The van der Waals surface area contributed by atoms with Crippen molar-refractivity contribution in [1.82, 2.24) is 4.98 Å². The number of aromatic nitrogens is 1. The van der Waals surface area contributed by atoms with Crippen LogP contribution in [0.3, 0.4) is 0 Å². The average molecular weight is 446 g/mol. The van der Waals surface area contributed by atoms with Gasteiger partial charge in [-0.2, -0.15) is 0 Å². The number of Topliss-reactive ketones (excluding diaryl/α,β-unsaturated/α-hetero) is 1. The normalized spacial score (nSPS) is 16.2. The molecule has 1 saturated carbocycles. The molecule has 3 aromatic rings. The molecule has 33 heavy (non-hydrogen) atoms. The van der Waals surface area contributed by atoms with E-state index in [9.17, 15) is 13.6 Å². The van der Waals surface area contributed by atoms with Crippen LogP contribution in [0.4, 0.5) is 8.78 Å². The van der Waals surface area contributed by atoms with Gasteiger partial charge in [0, 0.05) is 40.7 Å². The number of nitrogens with zero attached hydrogens (tertiary/aromatic N) is 1. The molecule has 0 saturated heterocycles. The Kier molecular flexibility index (Phi) is 6.03. The van der Waals surface area contributed by atoms with E-state index in [0.29, 0.717) is 51.7 Å². The summed E-state index contributed by atoms with van der Waals surface area (Å²) in [5.74, 6) is -0.230. The molecule has 0 amide bonds. The summed E-state index contributed by atoms with van der Waals surface area (Å²) in [6.07, 6.45) is 10.7. The number of rotatable bonds is 6. The van der Waals surface area contributed by atoms with Gasteiger partial charge >= 0.3 is 0 Å². The predicted molar refractivity (Wildman–Crippen MR) is 124 cm³/mol. The molecule has 0 bridgehead atoms. The molecule has 168 valence electrons. The minimum Gasteiger partial charge on any atom is -0.494 e. The molecule has 5 rings (SSSR count). The van der Waals surface area contributed by atoms with E-state index in [2.05, 4.69) is 4.98 Å². The highest BCUT2D eigenvalue weighted by Gasteiger charge is 2.32. The molecule has 2 aliphatic carbocycles. The Morgan fingerprint density at radius 3 is 2.39 bits per heavy atom. The van der Waals surface area contributed by atoms with Gasteiger partial charge in [-0.25, -0.2) is 8.78 Å². The molecule has 0 radical (unpaired) electrons. The number of halogens is 2. The predicted octanol–water partition coefficient (Wildman–Crippen LogP) is 6.86. The number of carbonyl (C=O) groups excluding carboxylic acids is 1. The molecule has 3 nitrogen and oxygen atoms in total. The number of allylic oxidation sites excluding steroid dienone is 1. The lowest BCUT2D eigenvalue weighted by Gasteiger charge is -2.21. The summed E-state index contributed by atoms with van der Waals surface area (Å²) in [6, 6.07) is 12.2. The molecule has 0 spiro atoms. The van der Waals surface area contributed by atoms with Crippen LogP contribution in [0.5, 0.6) is 5.75 Å². The number of hydrogen-bond acceptors (Lipinski definition) is 3. The quantitative estimate of drug-likeness (QED) is 0.416. The minimum absolute atomic E-state index is 0.199. The van der Waals surface area contributed by atoms with E-state index in [4.69, 9.17) is 4.74 Å². The van der Waals surface area contributed by atoms with Crippen molar-refractivity contribution in [3.8, 4) is 5.75 Å². The number of ketones is 1. The lowest BCUT2D eigenvalue weighted by molar-refractivity contribution is 0.105. The Bertz CT molecular complexity index is 1190. The van der Waals surface area contributed by atoms with E-state index in [1.807, 2.05) is 12.1 Å². The van der Waals surface area contributed by atoms with E-state index >= 15 is 0 Å². The van der Waals surface area contributed by atoms with Gasteiger partial charge in [0.25, 0.3) is 0 Å². The van der Waals surface area contributed by atoms with Crippen LogP contribution in [0, 0.1) is 17.6 Å². The number of hydrogen-bond donors (Lipinski definition) is 0.